The van der Waals surface area contributed by atoms with Crippen molar-refractivity contribution in [3.63, 3.8) is 0 Å². The molecule has 1 unspecified atom stereocenters. The van der Waals surface area contributed by atoms with Gasteiger partial charge in [-0.15, -0.1) is 11.3 Å². The highest BCUT2D eigenvalue weighted by Gasteiger charge is 2.44. The first-order valence-electron chi connectivity index (χ1n) is 11.0. The number of aliphatic hydroxyl groups excluding tert-OH is 1. The summed E-state index contributed by atoms with van der Waals surface area (Å²) in [4.78, 5) is 33.4. The third-order valence-electron chi connectivity index (χ3n) is 5.91. The molecule has 0 saturated heterocycles. The van der Waals surface area contributed by atoms with E-state index in [1.807, 2.05) is 30.3 Å². The van der Waals surface area contributed by atoms with Gasteiger partial charge in [0.1, 0.15) is 16.5 Å². The smallest absolute Gasteiger partial charge is 0.290 e. The molecule has 1 aliphatic heterocycles. The van der Waals surface area contributed by atoms with Crippen LogP contribution in [0.4, 0.5) is 0 Å². The lowest BCUT2D eigenvalue weighted by molar-refractivity contribution is -0.130. The summed E-state index contributed by atoms with van der Waals surface area (Å²) >= 11 is 1.25. The first kappa shape index (κ1) is 22.6. The van der Waals surface area contributed by atoms with Gasteiger partial charge in [-0.3, -0.25) is 9.59 Å². The van der Waals surface area contributed by atoms with Gasteiger partial charge in [-0.1, -0.05) is 42.5 Å². The van der Waals surface area contributed by atoms with E-state index in [1.54, 1.807) is 50.4 Å². The molecular formula is C27H22N2O5S. The molecule has 1 N–H and O–H groups in total. The third kappa shape index (κ3) is 4.13. The molecule has 1 amide bonds. The number of ketones is 1. The second-order valence-corrected chi connectivity index (χ2v) is 9.08. The van der Waals surface area contributed by atoms with Gasteiger partial charge in [0.15, 0.2) is 5.76 Å². The van der Waals surface area contributed by atoms with E-state index in [9.17, 15) is 14.7 Å². The van der Waals surface area contributed by atoms with Gasteiger partial charge in [0, 0.05) is 5.56 Å². The molecular weight excluding hydrogens is 464 g/mol. The molecule has 2 aromatic heterocycles. The number of nitrogens with zero attached hydrogens (tertiary/aromatic N) is 2. The number of furan rings is 1. The lowest BCUT2D eigenvalue weighted by Gasteiger charge is -2.26. The number of carbonyl (C=O) groups excluding carboxylic acids is 2. The molecule has 0 aliphatic carbocycles. The fourth-order valence-corrected chi connectivity index (χ4v) is 5.21. The number of amides is 1. The second-order valence-electron chi connectivity index (χ2n) is 8.08. The van der Waals surface area contributed by atoms with Crippen LogP contribution in [0.15, 0.2) is 88.7 Å². The number of hydrogen-bond acceptors (Lipinski definition) is 7. The van der Waals surface area contributed by atoms with Crippen LogP contribution in [0.25, 0.3) is 10.6 Å². The van der Waals surface area contributed by atoms with Crippen LogP contribution in [0.1, 0.15) is 32.7 Å². The molecule has 4 aromatic rings. The number of thiazole rings is 1. The van der Waals surface area contributed by atoms with Crippen LogP contribution in [-0.4, -0.2) is 33.8 Å². The molecule has 35 heavy (non-hydrogen) atoms. The molecule has 5 rings (SSSR count). The normalized spacial score (nSPS) is 15.7. The Labute approximate surface area is 205 Å². The summed E-state index contributed by atoms with van der Waals surface area (Å²) in [6.45, 7) is 1.86. The fraction of sp³-hybridized carbons (Fsp3) is 0.148. The maximum absolute atomic E-state index is 13.8. The number of rotatable bonds is 7. The molecule has 0 saturated carbocycles. The number of hydrogen-bond donors (Lipinski definition) is 1. The molecule has 0 radical (unpaired) electrons. The number of aryl methyl sites for hydroxylation is 1. The van der Waals surface area contributed by atoms with Crippen molar-refractivity contribution in [3.05, 3.63) is 106 Å². The Balaban J connectivity index is 1.58. The van der Waals surface area contributed by atoms with E-state index >= 15 is 0 Å². The number of benzene rings is 2. The molecule has 3 heterocycles. The first-order chi connectivity index (χ1) is 17.0. The standard InChI is InChI=1S/C27H22N2O5S/c1-16-25(35-26(28-16)18-7-4-3-5-8-18)23(30)21-22(17-10-12-19(33-2)13-11-17)29(27(32)24(21)31)15-20-9-6-14-34-20/h3-14,22,31H,15H2,1-2H3. The SMILES string of the molecule is COc1ccc(C2C(C(=O)c3sc(-c4ccccc4)nc3C)=C(O)C(=O)N2Cc2ccco2)cc1. The topological polar surface area (TPSA) is 92.9 Å². The largest absolute Gasteiger partial charge is 0.503 e. The van der Waals surface area contributed by atoms with E-state index in [0.29, 0.717) is 32.7 Å². The number of aliphatic hydroxyl groups is 1. The summed E-state index contributed by atoms with van der Waals surface area (Å²) < 4.78 is 10.7. The highest BCUT2D eigenvalue weighted by molar-refractivity contribution is 7.17. The van der Waals surface area contributed by atoms with Gasteiger partial charge >= 0.3 is 0 Å². The molecule has 1 aliphatic rings. The van der Waals surface area contributed by atoms with E-state index in [1.165, 1.54) is 22.5 Å². The highest BCUT2D eigenvalue weighted by atomic mass is 32.1. The summed E-state index contributed by atoms with van der Waals surface area (Å²) in [6.07, 6.45) is 1.52. The van der Waals surface area contributed by atoms with Crippen molar-refractivity contribution < 1.29 is 23.8 Å². The van der Waals surface area contributed by atoms with Gasteiger partial charge in [0.2, 0.25) is 5.78 Å². The lowest BCUT2D eigenvalue weighted by Crippen LogP contribution is -2.30. The van der Waals surface area contributed by atoms with Crippen molar-refractivity contribution in [1.82, 2.24) is 9.88 Å². The van der Waals surface area contributed by atoms with E-state index in [4.69, 9.17) is 9.15 Å². The molecule has 0 bridgehead atoms. The molecule has 0 fully saturated rings. The van der Waals surface area contributed by atoms with Gasteiger partial charge in [-0.25, -0.2) is 4.98 Å². The zero-order chi connectivity index (χ0) is 24.5. The first-order valence-corrected chi connectivity index (χ1v) is 11.8. The lowest BCUT2D eigenvalue weighted by atomic mass is 9.95. The third-order valence-corrected chi connectivity index (χ3v) is 7.11. The van der Waals surface area contributed by atoms with Crippen molar-refractivity contribution in [3.8, 4) is 16.3 Å². The molecule has 7 nitrogen and oxygen atoms in total. The molecule has 176 valence electrons. The summed E-state index contributed by atoms with van der Waals surface area (Å²) in [5, 5.41) is 11.6. The minimum Gasteiger partial charge on any atom is -0.503 e. The number of carbonyl (C=O) groups is 2. The Morgan fingerprint density at radius 1 is 1.11 bits per heavy atom. The monoisotopic (exact) mass is 486 g/mol. The number of Topliss-reactive ketones (excluding diaryl/α,β-unsaturated/α-hetero) is 1. The summed E-state index contributed by atoms with van der Waals surface area (Å²) in [6, 6.07) is 19.3. The van der Waals surface area contributed by atoms with Crippen LogP contribution < -0.4 is 4.74 Å². The predicted octanol–water partition coefficient (Wildman–Crippen LogP) is 5.50. The van der Waals surface area contributed by atoms with Crippen LogP contribution in [0.5, 0.6) is 5.75 Å². The van der Waals surface area contributed by atoms with Crippen molar-refractivity contribution in [2.24, 2.45) is 0 Å². The number of methoxy groups -OCH3 is 1. The quantitative estimate of drug-likeness (QED) is 0.347. The Hall–Kier alpha value is -4.17. The van der Waals surface area contributed by atoms with Crippen LogP contribution in [-0.2, 0) is 11.3 Å². The van der Waals surface area contributed by atoms with Crippen molar-refractivity contribution in [2.45, 2.75) is 19.5 Å². The summed E-state index contributed by atoms with van der Waals surface area (Å²) in [5.74, 6) is -0.426. The molecule has 2 aromatic carbocycles. The Morgan fingerprint density at radius 3 is 2.51 bits per heavy atom. The van der Waals surface area contributed by atoms with Gasteiger partial charge < -0.3 is 19.2 Å². The maximum atomic E-state index is 13.8. The summed E-state index contributed by atoms with van der Waals surface area (Å²) in [5.41, 5.74) is 2.14. The van der Waals surface area contributed by atoms with Crippen molar-refractivity contribution in [1.29, 1.82) is 0 Å². The minimum absolute atomic E-state index is 0.0260. The highest BCUT2D eigenvalue weighted by Crippen LogP contribution is 2.42. The average Bonchev–Trinajstić information content (AvgIpc) is 3.60. The molecule has 0 spiro atoms. The Bertz CT molecular complexity index is 1410. The zero-order valence-electron chi connectivity index (χ0n) is 19.1. The van der Waals surface area contributed by atoms with Crippen molar-refractivity contribution in [2.75, 3.05) is 7.11 Å². The number of aromatic nitrogens is 1. The van der Waals surface area contributed by atoms with Crippen LogP contribution >= 0.6 is 11.3 Å². The van der Waals surface area contributed by atoms with Crippen LogP contribution in [0, 0.1) is 6.92 Å². The Morgan fingerprint density at radius 2 is 1.86 bits per heavy atom. The van der Waals surface area contributed by atoms with E-state index in [-0.39, 0.29) is 12.1 Å². The summed E-state index contributed by atoms with van der Waals surface area (Å²) in [7, 11) is 1.56. The van der Waals surface area contributed by atoms with E-state index < -0.39 is 23.5 Å². The van der Waals surface area contributed by atoms with Crippen molar-refractivity contribution >= 4 is 23.0 Å². The van der Waals surface area contributed by atoms with Gasteiger partial charge in [-0.05, 0) is 36.8 Å². The molecule has 1 atom stereocenters. The zero-order valence-corrected chi connectivity index (χ0v) is 19.9. The number of ether oxygens (including phenoxy) is 1. The predicted molar refractivity (Wildman–Crippen MR) is 131 cm³/mol. The van der Waals surface area contributed by atoms with Crippen LogP contribution in [0.3, 0.4) is 0 Å². The minimum atomic E-state index is -0.798. The van der Waals surface area contributed by atoms with Gasteiger partial charge in [-0.2, -0.15) is 0 Å². The maximum Gasteiger partial charge on any atom is 0.290 e. The van der Waals surface area contributed by atoms with Gasteiger partial charge in [0.25, 0.3) is 5.91 Å². The van der Waals surface area contributed by atoms with E-state index in [0.717, 1.165) is 5.56 Å². The average molecular weight is 487 g/mol. The fourth-order valence-electron chi connectivity index (χ4n) is 4.19. The molecule has 8 heteroatoms. The van der Waals surface area contributed by atoms with E-state index in [2.05, 4.69) is 4.98 Å². The van der Waals surface area contributed by atoms with Gasteiger partial charge in [0.05, 0.1) is 42.1 Å². The van der Waals surface area contributed by atoms with Crippen LogP contribution in [0.2, 0.25) is 0 Å². The second kappa shape index (κ2) is 9.23. The Kier molecular flexibility index (Phi) is 5.96.